The smallest absolute Gasteiger partial charge is 0.337 e. The number of aryl methyl sites for hydroxylation is 1. The molecule has 126 valence electrons. The fraction of sp³-hybridized carbons (Fsp3) is 0.389. The molecule has 1 aliphatic rings. The van der Waals surface area contributed by atoms with Crippen molar-refractivity contribution in [2.75, 3.05) is 23.3 Å². The van der Waals surface area contributed by atoms with Crippen molar-refractivity contribution in [3.63, 3.8) is 0 Å². The number of aromatic carboxylic acids is 1. The fourth-order valence-electron chi connectivity index (χ4n) is 2.88. The normalized spacial score (nSPS) is 15.3. The molecule has 0 unspecified atom stereocenters. The molecule has 0 aliphatic carbocycles. The molecule has 2 N–H and O–H groups in total. The van der Waals surface area contributed by atoms with Crippen molar-refractivity contribution in [3.05, 3.63) is 41.6 Å². The minimum absolute atomic E-state index is 0.224. The Hall–Kier alpha value is -2.63. The van der Waals surface area contributed by atoms with Gasteiger partial charge in [0.15, 0.2) is 0 Å². The summed E-state index contributed by atoms with van der Waals surface area (Å²) in [5.41, 5.74) is 1.61. The molecule has 2 aromatic rings. The second-order valence-electron chi connectivity index (χ2n) is 6.34. The van der Waals surface area contributed by atoms with Gasteiger partial charge < -0.3 is 15.3 Å². The number of anilines is 3. The van der Waals surface area contributed by atoms with Gasteiger partial charge in [0.2, 0.25) is 5.95 Å². The van der Waals surface area contributed by atoms with E-state index in [9.17, 15) is 9.90 Å². The predicted octanol–water partition coefficient (Wildman–Crippen LogP) is 3.46. The second kappa shape index (κ2) is 6.86. The van der Waals surface area contributed by atoms with Crippen LogP contribution in [-0.2, 0) is 0 Å². The lowest BCUT2D eigenvalue weighted by Gasteiger charge is -2.30. The van der Waals surface area contributed by atoms with Crippen molar-refractivity contribution in [1.29, 1.82) is 0 Å². The van der Waals surface area contributed by atoms with Crippen molar-refractivity contribution in [3.8, 4) is 0 Å². The van der Waals surface area contributed by atoms with E-state index >= 15 is 0 Å². The molecule has 0 amide bonds. The van der Waals surface area contributed by atoms with E-state index in [4.69, 9.17) is 0 Å². The van der Waals surface area contributed by atoms with Crippen molar-refractivity contribution >= 4 is 23.4 Å². The Morgan fingerprint density at radius 3 is 2.67 bits per heavy atom. The van der Waals surface area contributed by atoms with Crippen LogP contribution < -0.4 is 10.2 Å². The van der Waals surface area contributed by atoms with Crippen LogP contribution in [0.2, 0.25) is 0 Å². The summed E-state index contributed by atoms with van der Waals surface area (Å²) in [5.74, 6) is 1.10. The highest BCUT2D eigenvalue weighted by molar-refractivity contribution is 5.95. The molecule has 1 fully saturated rings. The topological polar surface area (TPSA) is 78.3 Å². The van der Waals surface area contributed by atoms with Crippen LogP contribution in [-0.4, -0.2) is 34.1 Å². The van der Waals surface area contributed by atoms with Crippen LogP contribution in [0.4, 0.5) is 17.5 Å². The molecule has 1 aromatic heterocycles. The van der Waals surface area contributed by atoms with E-state index in [-0.39, 0.29) is 5.56 Å². The zero-order valence-electron chi connectivity index (χ0n) is 14.0. The molecule has 24 heavy (non-hydrogen) atoms. The molecular weight excluding hydrogens is 304 g/mol. The number of carbonyl (C=O) groups is 1. The summed E-state index contributed by atoms with van der Waals surface area (Å²) in [5, 5.41) is 12.4. The molecule has 3 rings (SSSR count). The van der Waals surface area contributed by atoms with Gasteiger partial charge in [-0.05, 0) is 37.8 Å². The van der Waals surface area contributed by atoms with Crippen molar-refractivity contribution in [1.82, 2.24) is 9.97 Å². The van der Waals surface area contributed by atoms with Gasteiger partial charge in [0.05, 0.1) is 11.3 Å². The van der Waals surface area contributed by atoms with Gasteiger partial charge in [0.25, 0.3) is 0 Å². The molecular formula is C18H22N4O2. The third-order valence-corrected chi connectivity index (χ3v) is 4.33. The van der Waals surface area contributed by atoms with Crippen molar-refractivity contribution < 1.29 is 9.90 Å². The zero-order valence-corrected chi connectivity index (χ0v) is 14.0. The van der Waals surface area contributed by atoms with Crippen LogP contribution in [0.5, 0.6) is 0 Å². The maximum absolute atomic E-state index is 11.3. The van der Waals surface area contributed by atoms with E-state index in [1.807, 2.05) is 13.0 Å². The molecule has 1 aromatic carbocycles. The van der Waals surface area contributed by atoms with Crippen LogP contribution >= 0.6 is 0 Å². The van der Waals surface area contributed by atoms with E-state index in [0.717, 1.165) is 37.5 Å². The first-order chi connectivity index (χ1) is 11.5. The van der Waals surface area contributed by atoms with Crippen LogP contribution in [0.15, 0.2) is 30.3 Å². The van der Waals surface area contributed by atoms with Gasteiger partial charge in [-0.25, -0.2) is 9.78 Å². The summed E-state index contributed by atoms with van der Waals surface area (Å²) >= 11 is 0. The molecule has 6 heteroatoms. The first-order valence-corrected chi connectivity index (χ1v) is 8.23. The summed E-state index contributed by atoms with van der Waals surface area (Å²) < 4.78 is 0. The largest absolute Gasteiger partial charge is 0.478 e. The Balaban J connectivity index is 1.86. The third-order valence-electron chi connectivity index (χ3n) is 4.33. The number of hydrogen-bond donors (Lipinski definition) is 2. The fourth-order valence-corrected chi connectivity index (χ4v) is 2.88. The van der Waals surface area contributed by atoms with Gasteiger partial charge in [-0.1, -0.05) is 19.1 Å². The van der Waals surface area contributed by atoms with Gasteiger partial charge in [0.1, 0.15) is 5.82 Å². The first kappa shape index (κ1) is 16.2. The third kappa shape index (κ3) is 3.64. The van der Waals surface area contributed by atoms with Crippen molar-refractivity contribution in [2.24, 2.45) is 5.92 Å². The zero-order chi connectivity index (χ0) is 17.1. The summed E-state index contributed by atoms with van der Waals surface area (Å²) in [4.78, 5) is 22.7. The second-order valence-corrected chi connectivity index (χ2v) is 6.34. The van der Waals surface area contributed by atoms with Crippen LogP contribution in [0, 0.1) is 12.8 Å². The molecule has 0 spiro atoms. The highest BCUT2D eigenvalue weighted by atomic mass is 16.4. The average molecular weight is 326 g/mol. The molecule has 1 aliphatic heterocycles. The van der Waals surface area contributed by atoms with Gasteiger partial charge >= 0.3 is 5.97 Å². The van der Waals surface area contributed by atoms with Gasteiger partial charge in [-0.3, -0.25) is 0 Å². The Labute approximate surface area is 141 Å². The maximum atomic E-state index is 11.3. The molecule has 0 saturated carbocycles. The highest BCUT2D eigenvalue weighted by Gasteiger charge is 2.19. The molecule has 0 atom stereocenters. The number of benzene rings is 1. The quantitative estimate of drug-likeness (QED) is 0.896. The number of carboxylic acid groups (broad SMARTS) is 1. The summed E-state index contributed by atoms with van der Waals surface area (Å²) in [6.45, 7) is 6.10. The van der Waals surface area contributed by atoms with Crippen LogP contribution in [0.25, 0.3) is 0 Å². The maximum Gasteiger partial charge on any atom is 0.337 e. The number of hydrogen-bond acceptors (Lipinski definition) is 5. The number of carboxylic acids is 1. The van der Waals surface area contributed by atoms with E-state index in [2.05, 4.69) is 27.1 Å². The van der Waals surface area contributed by atoms with Gasteiger partial charge in [-0.2, -0.15) is 4.98 Å². The number of nitrogens with zero attached hydrogens (tertiary/aromatic N) is 3. The number of para-hydroxylation sites is 1. The number of aromatic nitrogens is 2. The summed E-state index contributed by atoms with van der Waals surface area (Å²) in [6, 6.07) is 8.65. The minimum atomic E-state index is -0.964. The monoisotopic (exact) mass is 326 g/mol. The lowest BCUT2D eigenvalue weighted by Crippen LogP contribution is -2.34. The number of rotatable bonds is 4. The summed E-state index contributed by atoms with van der Waals surface area (Å²) in [7, 11) is 0. The standard InChI is InChI=1S/C18H22N4O2/c1-12-7-9-22(10-8-12)18-19-13(2)11-16(21-18)20-15-6-4-3-5-14(15)17(23)24/h3-6,11-12H,7-10H2,1-2H3,(H,23,24)(H,19,20,21). The van der Waals surface area contributed by atoms with E-state index in [1.54, 1.807) is 24.3 Å². The molecule has 6 nitrogen and oxygen atoms in total. The summed E-state index contributed by atoms with van der Waals surface area (Å²) in [6.07, 6.45) is 2.28. The van der Waals surface area contributed by atoms with Gasteiger partial charge in [0, 0.05) is 24.8 Å². The average Bonchev–Trinajstić information content (AvgIpc) is 2.55. The number of piperidine rings is 1. The van der Waals surface area contributed by atoms with E-state index < -0.39 is 5.97 Å². The Bertz CT molecular complexity index is 740. The lowest BCUT2D eigenvalue weighted by atomic mass is 10.00. The Kier molecular flexibility index (Phi) is 4.64. The van der Waals surface area contributed by atoms with Gasteiger partial charge in [-0.15, -0.1) is 0 Å². The van der Waals surface area contributed by atoms with Crippen LogP contribution in [0.1, 0.15) is 35.8 Å². The van der Waals surface area contributed by atoms with Crippen LogP contribution in [0.3, 0.4) is 0 Å². The predicted molar refractivity (Wildman–Crippen MR) is 94.1 cm³/mol. The van der Waals surface area contributed by atoms with E-state index in [1.165, 1.54) is 0 Å². The SMILES string of the molecule is Cc1cc(Nc2ccccc2C(=O)O)nc(N2CCC(C)CC2)n1. The highest BCUT2D eigenvalue weighted by Crippen LogP contribution is 2.24. The van der Waals surface area contributed by atoms with E-state index in [0.29, 0.717) is 17.5 Å². The van der Waals surface area contributed by atoms with Crippen molar-refractivity contribution in [2.45, 2.75) is 26.7 Å². The molecule has 0 radical (unpaired) electrons. The Morgan fingerprint density at radius 2 is 1.96 bits per heavy atom. The molecule has 0 bridgehead atoms. The molecule has 1 saturated heterocycles. The molecule has 2 heterocycles. The Morgan fingerprint density at radius 1 is 1.25 bits per heavy atom. The number of nitrogens with one attached hydrogen (secondary N) is 1. The lowest BCUT2D eigenvalue weighted by molar-refractivity contribution is 0.0698. The minimum Gasteiger partial charge on any atom is -0.478 e. The first-order valence-electron chi connectivity index (χ1n) is 8.23.